The molecule has 2 aliphatic heterocycles. The van der Waals surface area contributed by atoms with Crippen molar-refractivity contribution in [2.75, 3.05) is 45.8 Å². The minimum Gasteiger partial charge on any atom is -0.323 e. The van der Waals surface area contributed by atoms with Crippen LogP contribution in [0.25, 0.3) is 0 Å². The fraction of sp³-hybridized carbons (Fsp3) is 0.235. The van der Waals surface area contributed by atoms with Gasteiger partial charge in [0.2, 0.25) is 0 Å². The number of rotatable bonds is 4. The zero-order valence-electron chi connectivity index (χ0n) is 22.9. The highest BCUT2D eigenvalue weighted by atomic mass is 15.5. The quantitative estimate of drug-likeness (QED) is 0.289. The van der Waals surface area contributed by atoms with Gasteiger partial charge >= 0.3 is 0 Å². The lowest BCUT2D eigenvalue weighted by Gasteiger charge is -2.35. The number of aryl methyl sites for hydroxylation is 4. The first kappa shape index (κ1) is 24.2. The average Bonchev–Trinajstić information content (AvgIpc) is 3.54. The Hall–Kier alpha value is -4.18. The Morgan fingerprint density at radius 3 is 0.763 bits per heavy atom. The van der Waals surface area contributed by atoms with Gasteiger partial charge in [0.1, 0.15) is 0 Å². The number of anilines is 4. The standard InChI is InChI=1S/C34H36N4/c1-25-13-5-9-17-29(25)35-21-22-36(30-18-10-6-14-26(30)2)33(35)34-37(31-19-11-7-15-27(31)3)23-24-38(34)32-20-12-8-16-28(32)4/h5-20H,21-24H2,1-4H3. The third-order valence-corrected chi connectivity index (χ3v) is 7.94. The third-order valence-electron chi connectivity index (χ3n) is 7.94. The maximum atomic E-state index is 2.54. The van der Waals surface area contributed by atoms with E-state index in [9.17, 15) is 0 Å². The lowest BCUT2D eigenvalue weighted by molar-refractivity contribution is 0.956. The summed E-state index contributed by atoms with van der Waals surface area (Å²) in [6, 6.07) is 35.1. The van der Waals surface area contributed by atoms with Gasteiger partial charge < -0.3 is 19.6 Å². The van der Waals surface area contributed by atoms with Crippen molar-refractivity contribution in [2.24, 2.45) is 0 Å². The molecule has 0 saturated carbocycles. The van der Waals surface area contributed by atoms with Crippen molar-refractivity contribution in [2.45, 2.75) is 27.7 Å². The van der Waals surface area contributed by atoms with Crippen LogP contribution < -0.4 is 19.6 Å². The second-order valence-corrected chi connectivity index (χ2v) is 10.4. The van der Waals surface area contributed by atoms with Crippen molar-refractivity contribution in [3.05, 3.63) is 131 Å². The van der Waals surface area contributed by atoms with Gasteiger partial charge in [-0.25, -0.2) is 0 Å². The molecule has 6 rings (SSSR count). The van der Waals surface area contributed by atoms with Crippen molar-refractivity contribution in [1.82, 2.24) is 0 Å². The van der Waals surface area contributed by atoms with Crippen LogP contribution in [-0.2, 0) is 0 Å². The molecule has 4 heteroatoms. The highest BCUT2D eigenvalue weighted by Crippen LogP contribution is 2.42. The summed E-state index contributed by atoms with van der Waals surface area (Å²) in [6.45, 7) is 12.6. The Morgan fingerprint density at radius 2 is 0.553 bits per heavy atom. The van der Waals surface area contributed by atoms with Crippen LogP contribution in [0.1, 0.15) is 22.3 Å². The molecule has 38 heavy (non-hydrogen) atoms. The molecule has 0 amide bonds. The SMILES string of the molecule is Cc1ccccc1N1CCN(c2ccccc2C)C1=C1N(c2ccccc2C)CCN1c1ccccc1C. The summed E-state index contributed by atoms with van der Waals surface area (Å²) in [4.78, 5) is 10.2. The third kappa shape index (κ3) is 4.10. The molecule has 0 atom stereocenters. The van der Waals surface area contributed by atoms with E-state index in [1.165, 1.54) is 56.6 Å². The monoisotopic (exact) mass is 500 g/mol. The van der Waals surface area contributed by atoms with Crippen LogP contribution in [0.3, 0.4) is 0 Å². The van der Waals surface area contributed by atoms with Gasteiger partial charge in [0.15, 0.2) is 11.6 Å². The Morgan fingerprint density at radius 1 is 0.342 bits per heavy atom. The molecule has 2 aliphatic rings. The molecule has 0 bridgehead atoms. The van der Waals surface area contributed by atoms with E-state index in [1.54, 1.807) is 0 Å². The number of nitrogens with zero attached hydrogens (tertiary/aromatic N) is 4. The molecule has 0 aliphatic carbocycles. The zero-order valence-corrected chi connectivity index (χ0v) is 22.9. The molecule has 0 unspecified atom stereocenters. The molecule has 2 heterocycles. The predicted molar refractivity (Wildman–Crippen MR) is 161 cm³/mol. The molecule has 4 aromatic carbocycles. The van der Waals surface area contributed by atoms with Gasteiger partial charge in [0.25, 0.3) is 0 Å². The van der Waals surface area contributed by atoms with E-state index >= 15 is 0 Å². The molecule has 4 nitrogen and oxygen atoms in total. The highest BCUT2D eigenvalue weighted by Gasteiger charge is 2.39. The first-order chi connectivity index (χ1) is 18.5. The molecule has 0 aromatic heterocycles. The number of para-hydroxylation sites is 4. The molecular weight excluding hydrogens is 464 g/mol. The van der Waals surface area contributed by atoms with Crippen molar-refractivity contribution in [3.63, 3.8) is 0 Å². The second kappa shape index (κ2) is 9.94. The number of hydrogen-bond donors (Lipinski definition) is 0. The summed E-state index contributed by atoms with van der Waals surface area (Å²) in [5, 5.41) is 0. The van der Waals surface area contributed by atoms with E-state index < -0.39 is 0 Å². The van der Waals surface area contributed by atoms with Crippen molar-refractivity contribution in [3.8, 4) is 0 Å². The van der Waals surface area contributed by atoms with E-state index in [1.807, 2.05) is 0 Å². The van der Waals surface area contributed by atoms with E-state index in [4.69, 9.17) is 0 Å². The molecule has 4 aromatic rings. The molecule has 2 fully saturated rings. The van der Waals surface area contributed by atoms with Crippen LogP contribution in [0.2, 0.25) is 0 Å². The molecular formula is C34H36N4. The fourth-order valence-corrected chi connectivity index (χ4v) is 6.00. The van der Waals surface area contributed by atoms with Gasteiger partial charge in [-0.1, -0.05) is 72.8 Å². The molecule has 192 valence electrons. The highest BCUT2D eigenvalue weighted by molar-refractivity contribution is 5.76. The van der Waals surface area contributed by atoms with Gasteiger partial charge in [0, 0.05) is 48.9 Å². The molecule has 0 spiro atoms. The fourth-order valence-electron chi connectivity index (χ4n) is 6.00. The van der Waals surface area contributed by atoms with E-state index in [0.29, 0.717) is 0 Å². The van der Waals surface area contributed by atoms with Crippen LogP contribution in [0.5, 0.6) is 0 Å². The van der Waals surface area contributed by atoms with Crippen LogP contribution in [0.15, 0.2) is 109 Å². The summed E-state index contributed by atoms with van der Waals surface area (Å²) < 4.78 is 0. The topological polar surface area (TPSA) is 13.0 Å². The van der Waals surface area contributed by atoms with Gasteiger partial charge in [-0.05, 0) is 74.2 Å². The normalized spacial score (nSPS) is 15.7. The minimum absolute atomic E-state index is 0.932. The first-order valence-electron chi connectivity index (χ1n) is 13.6. The van der Waals surface area contributed by atoms with Gasteiger partial charge in [-0.2, -0.15) is 0 Å². The molecule has 0 N–H and O–H groups in total. The Bertz CT molecular complexity index is 1280. The summed E-state index contributed by atoms with van der Waals surface area (Å²) in [5.74, 6) is 2.50. The number of benzene rings is 4. The van der Waals surface area contributed by atoms with Gasteiger partial charge in [0.05, 0.1) is 0 Å². The van der Waals surface area contributed by atoms with Crippen LogP contribution in [0.4, 0.5) is 22.7 Å². The lowest BCUT2D eigenvalue weighted by Crippen LogP contribution is -2.35. The van der Waals surface area contributed by atoms with E-state index in [2.05, 4.69) is 144 Å². The number of hydrogen-bond acceptors (Lipinski definition) is 4. The van der Waals surface area contributed by atoms with E-state index in [-0.39, 0.29) is 0 Å². The maximum Gasteiger partial charge on any atom is 0.156 e. The lowest BCUT2D eigenvalue weighted by atomic mass is 10.1. The maximum absolute atomic E-state index is 2.54. The Kier molecular flexibility index (Phi) is 6.32. The van der Waals surface area contributed by atoms with Gasteiger partial charge in [-0.3, -0.25) is 0 Å². The summed E-state index contributed by atoms with van der Waals surface area (Å²) in [6.07, 6.45) is 0. The summed E-state index contributed by atoms with van der Waals surface area (Å²) in [5.41, 5.74) is 10.3. The minimum atomic E-state index is 0.932. The van der Waals surface area contributed by atoms with Crippen molar-refractivity contribution >= 4 is 22.7 Å². The second-order valence-electron chi connectivity index (χ2n) is 10.4. The molecule has 0 radical (unpaired) electrons. The van der Waals surface area contributed by atoms with E-state index in [0.717, 1.165) is 26.2 Å². The largest absolute Gasteiger partial charge is 0.323 e. The summed E-state index contributed by atoms with van der Waals surface area (Å²) in [7, 11) is 0. The molecule has 2 saturated heterocycles. The van der Waals surface area contributed by atoms with Gasteiger partial charge in [-0.15, -0.1) is 0 Å². The Labute approximate surface area is 227 Å². The van der Waals surface area contributed by atoms with Crippen LogP contribution in [0, 0.1) is 27.7 Å². The Balaban J connectivity index is 1.65. The average molecular weight is 501 g/mol. The smallest absolute Gasteiger partial charge is 0.156 e. The summed E-state index contributed by atoms with van der Waals surface area (Å²) >= 11 is 0. The predicted octanol–water partition coefficient (Wildman–Crippen LogP) is 7.40. The van der Waals surface area contributed by atoms with Crippen molar-refractivity contribution in [1.29, 1.82) is 0 Å². The zero-order chi connectivity index (χ0) is 26.2. The van der Waals surface area contributed by atoms with Crippen LogP contribution in [-0.4, -0.2) is 26.2 Å². The van der Waals surface area contributed by atoms with Crippen molar-refractivity contribution < 1.29 is 0 Å². The van der Waals surface area contributed by atoms with Crippen LogP contribution >= 0.6 is 0 Å². The first-order valence-corrected chi connectivity index (χ1v) is 13.6.